The lowest BCUT2D eigenvalue weighted by Gasteiger charge is -2.37. The molecule has 3 nitrogen and oxygen atoms in total. The van der Waals surface area contributed by atoms with Crippen molar-refractivity contribution >= 4 is 5.91 Å². The van der Waals surface area contributed by atoms with E-state index in [1.54, 1.807) is 11.9 Å². The highest BCUT2D eigenvalue weighted by Gasteiger charge is 2.36. The Bertz CT molecular complexity index is 363. The number of piperidine rings is 1. The Labute approximate surface area is 89.3 Å². The van der Waals surface area contributed by atoms with Crippen LogP contribution in [0.4, 0.5) is 0 Å². The van der Waals surface area contributed by atoms with Crippen molar-refractivity contribution in [2.45, 2.75) is 18.4 Å². The minimum atomic E-state index is -0.871. The number of carbonyl (C=O) groups excluding carboxylic acids is 1. The number of aliphatic hydroxyl groups is 1. The van der Waals surface area contributed by atoms with E-state index >= 15 is 0 Å². The SMILES string of the molecule is CN1CC(O)(c2ccccc2)CCC1=O. The van der Waals surface area contributed by atoms with Crippen LogP contribution in [0.1, 0.15) is 18.4 Å². The molecule has 1 aromatic carbocycles. The smallest absolute Gasteiger partial charge is 0.222 e. The van der Waals surface area contributed by atoms with Crippen LogP contribution in [0.5, 0.6) is 0 Å². The van der Waals surface area contributed by atoms with Gasteiger partial charge >= 0.3 is 0 Å². The molecule has 80 valence electrons. The van der Waals surface area contributed by atoms with E-state index in [0.717, 1.165) is 5.56 Å². The molecule has 0 saturated carbocycles. The Morgan fingerprint density at radius 1 is 1.33 bits per heavy atom. The molecule has 1 amide bonds. The van der Waals surface area contributed by atoms with Gasteiger partial charge in [0.1, 0.15) is 5.60 Å². The van der Waals surface area contributed by atoms with Gasteiger partial charge in [0.15, 0.2) is 0 Å². The molecule has 1 atom stereocenters. The average molecular weight is 205 g/mol. The van der Waals surface area contributed by atoms with Crippen LogP contribution in [0.2, 0.25) is 0 Å². The predicted molar refractivity (Wildman–Crippen MR) is 57.2 cm³/mol. The third-order valence-electron chi connectivity index (χ3n) is 2.99. The zero-order valence-electron chi connectivity index (χ0n) is 8.81. The second kappa shape index (κ2) is 3.66. The number of carbonyl (C=O) groups is 1. The maximum Gasteiger partial charge on any atom is 0.222 e. The number of hydrogen-bond acceptors (Lipinski definition) is 2. The van der Waals surface area contributed by atoms with Crippen LogP contribution in [0, 0.1) is 0 Å². The van der Waals surface area contributed by atoms with Crippen LogP contribution < -0.4 is 0 Å². The monoisotopic (exact) mass is 205 g/mol. The number of nitrogens with zero attached hydrogens (tertiary/aromatic N) is 1. The number of hydrogen-bond donors (Lipinski definition) is 1. The summed E-state index contributed by atoms with van der Waals surface area (Å²) in [6.07, 6.45) is 0.933. The minimum Gasteiger partial charge on any atom is -0.383 e. The number of rotatable bonds is 1. The summed E-state index contributed by atoms with van der Waals surface area (Å²) in [7, 11) is 1.73. The van der Waals surface area contributed by atoms with Crippen LogP contribution in [0.15, 0.2) is 30.3 Å². The zero-order chi connectivity index (χ0) is 10.9. The molecule has 1 unspecified atom stereocenters. The largest absolute Gasteiger partial charge is 0.383 e. The van der Waals surface area contributed by atoms with Crippen LogP contribution in [0.3, 0.4) is 0 Å². The number of benzene rings is 1. The number of likely N-dealkylation sites (tertiary alicyclic amines) is 1. The van der Waals surface area contributed by atoms with Gasteiger partial charge in [-0.25, -0.2) is 0 Å². The van der Waals surface area contributed by atoms with Gasteiger partial charge < -0.3 is 10.0 Å². The molecule has 0 radical (unpaired) electrons. The quantitative estimate of drug-likeness (QED) is 0.746. The van der Waals surface area contributed by atoms with E-state index in [1.165, 1.54) is 0 Å². The maximum atomic E-state index is 11.3. The second-order valence-corrected chi connectivity index (χ2v) is 4.15. The molecular weight excluding hydrogens is 190 g/mol. The van der Waals surface area contributed by atoms with E-state index < -0.39 is 5.60 Å². The third kappa shape index (κ3) is 1.88. The molecule has 0 spiro atoms. The molecule has 15 heavy (non-hydrogen) atoms. The number of β-amino-alcohol motifs (C(OH)–C–C–N with tert-alkyl or cyclic N) is 1. The van der Waals surface area contributed by atoms with Gasteiger partial charge in [0.2, 0.25) is 5.91 Å². The van der Waals surface area contributed by atoms with E-state index in [4.69, 9.17) is 0 Å². The van der Waals surface area contributed by atoms with Gasteiger partial charge in [0.05, 0.1) is 6.54 Å². The van der Waals surface area contributed by atoms with E-state index in [-0.39, 0.29) is 5.91 Å². The number of likely N-dealkylation sites (N-methyl/N-ethyl adjacent to an activating group) is 1. The first kappa shape index (κ1) is 10.2. The van der Waals surface area contributed by atoms with Gasteiger partial charge in [0, 0.05) is 13.5 Å². The zero-order valence-corrected chi connectivity index (χ0v) is 8.81. The van der Waals surface area contributed by atoms with Crippen molar-refractivity contribution in [3.8, 4) is 0 Å². The summed E-state index contributed by atoms with van der Waals surface area (Å²) >= 11 is 0. The minimum absolute atomic E-state index is 0.107. The molecule has 0 bridgehead atoms. The van der Waals surface area contributed by atoms with Crippen LogP contribution in [-0.4, -0.2) is 29.5 Å². The Hall–Kier alpha value is -1.35. The summed E-state index contributed by atoms with van der Waals surface area (Å²) in [6, 6.07) is 9.55. The van der Waals surface area contributed by atoms with E-state index in [9.17, 15) is 9.90 Å². The molecule has 1 aromatic rings. The third-order valence-corrected chi connectivity index (χ3v) is 2.99. The highest BCUT2D eigenvalue weighted by molar-refractivity contribution is 5.77. The molecule has 1 aliphatic heterocycles. The molecule has 0 aliphatic carbocycles. The number of amides is 1. The van der Waals surface area contributed by atoms with Gasteiger partial charge in [0.25, 0.3) is 0 Å². The maximum absolute atomic E-state index is 11.3. The summed E-state index contributed by atoms with van der Waals surface area (Å²) < 4.78 is 0. The fourth-order valence-corrected chi connectivity index (χ4v) is 2.05. The van der Waals surface area contributed by atoms with Gasteiger partial charge in [-0.3, -0.25) is 4.79 Å². The first-order valence-electron chi connectivity index (χ1n) is 5.14. The van der Waals surface area contributed by atoms with Crippen LogP contribution in [0.25, 0.3) is 0 Å². The standard InChI is InChI=1S/C12H15NO2/c1-13-9-12(15,8-7-11(13)14)10-5-3-2-4-6-10/h2-6,15H,7-9H2,1H3. The predicted octanol–water partition coefficient (Wildman–Crippen LogP) is 1.13. The van der Waals surface area contributed by atoms with Crippen molar-refractivity contribution in [3.63, 3.8) is 0 Å². The Balaban J connectivity index is 2.25. The highest BCUT2D eigenvalue weighted by Crippen LogP contribution is 2.30. The van der Waals surface area contributed by atoms with Gasteiger partial charge in [-0.2, -0.15) is 0 Å². The van der Waals surface area contributed by atoms with Gasteiger partial charge in [-0.05, 0) is 12.0 Å². The van der Waals surface area contributed by atoms with Crippen molar-refractivity contribution in [3.05, 3.63) is 35.9 Å². The highest BCUT2D eigenvalue weighted by atomic mass is 16.3. The van der Waals surface area contributed by atoms with E-state index in [2.05, 4.69) is 0 Å². The lowest BCUT2D eigenvalue weighted by atomic mass is 9.86. The van der Waals surface area contributed by atoms with E-state index in [0.29, 0.717) is 19.4 Å². The topological polar surface area (TPSA) is 40.5 Å². The average Bonchev–Trinajstić information content (AvgIpc) is 2.26. The second-order valence-electron chi connectivity index (χ2n) is 4.15. The van der Waals surface area contributed by atoms with Crippen molar-refractivity contribution < 1.29 is 9.90 Å². The van der Waals surface area contributed by atoms with Crippen molar-refractivity contribution in [1.29, 1.82) is 0 Å². The van der Waals surface area contributed by atoms with Gasteiger partial charge in [-0.1, -0.05) is 30.3 Å². The molecule has 1 saturated heterocycles. The first-order valence-corrected chi connectivity index (χ1v) is 5.14. The van der Waals surface area contributed by atoms with E-state index in [1.807, 2.05) is 30.3 Å². The Kier molecular flexibility index (Phi) is 2.49. The molecule has 0 aromatic heterocycles. The lowest BCUT2D eigenvalue weighted by molar-refractivity contribution is -0.141. The van der Waals surface area contributed by atoms with Crippen LogP contribution >= 0.6 is 0 Å². The first-order chi connectivity index (χ1) is 7.12. The van der Waals surface area contributed by atoms with Crippen LogP contribution in [-0.2, 0) is 10.4 Å². The molecule has 1 heterocycles. The fraction of sp³-hybridized carbons (Fsp3) is 0.417. The lowest BCUT2D eigenvalue weighted by Crippen LogP contribution is -2.47. The summed E-state index contributed by atoms with van der Waals surface area (Å²) in [4.78, 5) is 12.9. The summed E-state index contributed by atoms with van der Waals surface area (Å²) in [5.41, 5.74) is 0.0218. The van der Waals surface area contributed by atoms with Crippen molar-refractivity contribution in [2.75, 3.05) is 13.6 Å². The Morgan fingerprint density at radius 2 is 2.00 bits per heavy atom. The fourth-order valence-electron chi connectivity index (χ4n) is 2.05. The summed E-state index contributed by atoms with van der Waals surface area (Å²) in [5, 5.41) is 10.4. The molecule has 3 heteroatoms. The molecule has 2 rings (SSSR count). The molecular formula is C12H15NO2. The summed E-state index contributed by atoms with van der Waals surface area (Å²) in [5.74, 6) is 0.107. The Morgan fingerprint density at radius 3 is 2.60 bits per heavy atom. The molecule has 1 fully saturated rings. The van der Waals surface area contributed by atoms with Crippen molar-refractivity contribution in [1.82, 2.24) is 4.90 Å². The molecule has 1 N–H and O–H groups in total. The van der Waals surface area contributed by atoms with Crippen molar-refractivity contribution in [2.24, 2.45) is 0 Å². The molecule has 1 aliphatic rings. The summed E-state index contributed by atoms with van der Waals surface area (Å²) in [6.45, 7) is 0.385. The normalized spacial score (nSPS) is 26.8. The van der Waals surface area contributed by atoms with Gasteiger partial charge in [-0.15, -0.1) is 0 Å².